The van der Waals surface area contributed by atoms with E-state index >= 15 is 0 Å². The molecule has 0 spiro atoms. The Hall–Kier alpha value is -5.07. The SMILES string of the molecule is COc1ccccc1-c1cn2ccc(C)cc2n1.O=[N+]([O-])c1cc([N+](=O)[O-])c(O)c([N+](=O)[O-])c1. The molecule has 0 radical (unpaired) electrons. The van der Waals surface area contributed by atoms with Gasteiger partial charge in [0.25, 0.3) is 11.4 Å². The summed E-state index contributed by atoms with van der Waals surface area (Å²) in [6.07, 6.45) is 4.04. The molecule has 0 unspecified atom stereocenters. The van der Waals surface area contributed by atoms with Crippen LogP contribution in [0.15, 0.2) is 60.9 Å². The number of benzene rings is 2. The van der Waals surface area contributed by atoms with Crippen LogP contribution in [0.25, 0.3) is 16.9 Å². The van der Waals surface area contributed by atoms with Gasteiger partial charge in [-0.15, -0.1) is 0 Å². The lowest BCUT2D eigenvalue weighted by Crippen LogP contribution is -1.97. The number of aromatic hydroxyl groups is 1. The molecular weight excluding hydrogens is 450 g/mol. The van der Waals surface area contributed by atoms with Crippen molar-refractivity contribution < 1.29 is 24.6 Å². The fourth-order valence-electron chi connectivity index (χ4n) is 3.04. The molecule has 0 saturated heterocycles. The highest BCUT2D eigenvalue weighted by molar-refractivity contribution is 5.69. The monoisotopic (exact) mass is 467 g/mol. The van der Waals surface area contributed by atoms with Gasteiger partial charge in [-0.25, -0.2) is 4.98 Å². The maximum absolute atomic E-state index is 10.4. The van der Waals surface area contributed by atoms with Crippen LogP contribution in [0.3, 0.4) is 0 Å². The number of non-ortho nitro benzene ring substituents is 1. The van der Waals surface area contributed by atoms with Crippen molar-refractivity contribution in [3.05, 3.63) is 96.8 Å². The van der Waals surface area contributed by atoms with Crippen molar-refractivity contribution in [3.8, 4) is 22.8 Å². The number of fused-ring (bicyclic) bond motifs is 1. The second-order valence-corrected chi connectivity index (χ2v) is 6.90. The van der Waals surface area contributed by atoms with Gasteiger partial charge in [0.2, 0.25) is 0 Å². The number of aromatic nitrogens is 2. The molecule has 1 N–H and O–H groups in total. The lowest BCUT2D eigenvalue weighted by Gasteiger charge is -2.04. The third-order valence-corrected chi connectivity index (χ3v) is 4.66. The highest BCUT2D eigenvalue weighted by Gasteiger charge is 2.30. The van der Waals surface area contributed by atoms with Crippen LogP contribution in [0.5, 0.6) is 11.5 Å². The van der Waals surface area contributed by atoms with Gasteiger partial charge in [0.15, 0.2) is 0 Å². The molecule has 0 amide bonds. The lowest BCUT2D eigenvalue weighted by atomic mass is 10.1. The van der Waals surface area contributed by atoms with Crippen LogP contribution >= 0.6 is 0 Å². The predicted molar refractivity (Wildman–Crippen MR) is 120 cm³/mol. The fraction of sp³-hybridized carbons (Fsp3) is 0.0952. The minimum atomic E-state index is -1.21. The van der Waals surface area contributed by atoms with Crippen LogP contribution in [0.4, 0.5) is 17.1 Å². The maximum atomic E-state index is 10.4. The number of imidazole rings is 1. The molecule has 2 aromatic heterocycles. The number of nitro groups is 3. The average molecular weight is 467 g/mol. The van der Waals surface area contributed by atoms with Crippen molar-refractivity contribution in [2.45, 2.75) is 6.92 Å². The molecule has 13 nitrogen and oxygen atoms in total. The van der Waals surface area contributed by atoms with Crippen LogP contribution in [0.1, 0.15) is 5.56 Å². The summed E-state index contributed by atoms with van der Waals surface area (Å²) in [4.78, 5) is 32.4. The van der Waals surface area contributed by atoms with E-state index in [0.29, 0.717) is 12.1 Å². The largest absolute Gasteiger partial charge is 0.497 e. The Morgan fingerprint density at radius 1 is 0.941 bits per heavy atom. The molecule has 0 atom stereocenters. The topological polar surface area (TPSA) is 176 Å². The zero-order valence-corrected chi connectivity index (χ0v) is 17.8. The van der Waals surface area contributed by atoms with Crippen LogP contribution in [-0.4, -0.2) is 36.4 Å². The van der Waals surface area contributed by atoms with Crippen molar-refractivity contribution in [2.75, 3.05) is 7.11 Å². The summed E-state index contributed by atoms with van der Waals surface area (Å²) in [5.41, 5.74) is 1.10. The van der Waals surface area contributed by atoms with Crippen molar-refractivity contribution >= 4 is 22.7 Å². The first-order valence-corrected chi connectivity index (χ1v) is 9.51. The number of phenols is 1. The summed E-state index contributed by atoms with van der Waals surface area (Å²) < 4.78 is 7.39. The minimum absolute atomic E-state index is 0.447. The Balaban J connectivity index is 0.000000192. The number of aryl methyl sites for hydroxylation is 1. The van der Waals surface area contributed by atoms with Gasteiger partial charge in [-0.1, -0.05) is 12.1 Å². The first-order valence-electron chi connectivity index (χ1n) is 9.51. The number of phenolic OH excluding ortho intramolecular Hbond substituents is 1. The summed E-state index contributed by atoms with van der Waals surface area (Å²) >= 11 is 0. The van der Waals surface area contributed by atoms with Gasteiger partial charge in [-0.3, -0.25) is 30.3 Å². The number of para-hydroxylation sites is 1. The third kappa shape index (κ3) is 4.88. The zero-order chi connectivity index (χ0) is 25.0. The summed E-state index contributed by atoms with van der Waals surface area (Å²) in [7, 11) is 1.68. The molecule has 0 aliphatic heterocycles. The van der Waals surface area contributed by atoms with Crippen LogP contribution < -0.4 is 4.74 Å². The van der Waals surface area contributed by atoms with Crippen molar-refractivity contribution in [3.63, 3.8) is 0 Å². The van der Waals surface area contributed by atoms with Gasteiger partial charge in [0, 0.05) is 18.0 Å². The van der Waals surface area contributed by atoms with Crippen molar-refractivity contribution in [1.82, 2.24) is 9.38 Å². The molecule has 0 aliphatic rings. The smallest absolute Gasteiger partial charge is 0.324 e. The number of ether oxygens (including phenoxy) is 1. The zero-order valence-electron chi connectivity index (χ0n) is 17.8. The first-order chi connectivity index (χ1) is 16.1. The maximum Gasteiger partial charge on any atom is 0.324 e. The molecule has 174 valence electrons. The number of nitrogens with zero attached hydrogens (tertiary/aromatic N) is 5. The van der Waals surface area contributed by atoms with E-state index in [1.807, 2.05) is 41.1 Å². The molecule has 2 aromatic carbocycles. The van der Waals surface area contributed by atoms with Gasteiger partial charge in [0.1, 0.15) is 11.4 Å². The van der Waals surface area contributed by atoms with E-state index in [-0.39, 0.29) is 0 Å². The minimum Gasteiger partial charge on any atom is -0.497 e. The van der Waals surface area contributed by atoms with E-state index in [0.717, 1.165) is 22.7 Å². The number of pyridine rings is 1. The summed E-state index contributed by atoms with van der Waals surface area (Å²) in [5.74, 6) is -0.363. The Kier molecular flexibility index (Phi) is 6.66. The van der Waals surface area contributed by atoms with E-state index in [1.54, 1.807) is 7.11 Å². The lowest BCUT2D eigenvalue weighted by molar-refractivity contribution is -0.404. The Labute approximate surface area is 190 Å². The molecule has 4 rings (SSSR count). The number of methoxy groups -OCH3 is 1. The Morgan fingerprint density at radius 3 is 2.12 bits per heavy atom. The molecule has 0 fully saturated rings. The predicted octanol–water partition coefficient (Wildman–Crippen LogP) is 4.44. The van der Waals surface area contributed by atoms with E-state index in [1.165, 1.54) is 5.56 Å². The van der Waals surface area contributed by atoms with E-state index < -0.39 is 37.6 Å². The molecule has 2 heterocycles. The van der Waals surface area contributed by atoms with Gasteiger partial charge in [-0.2, -0.15) is 0 Å². The van der Waals surface area contributed by atoms with Gasteiger partial charge < -0.3 is 14.2 Å². The summed E-state index contributed by atoms with van der Waals surface area (Å²) in [6.45, 7) is 2.07. The van der Waals surface area contributed by atoms with Crippen molar-refractivity contribution in [1.29, 1.82) is 0 Å². The van der Waals surface area contributed by atoms with Crippen molar-refractivity contribution in [2.24, 2.45) is 0 Å². The quantitative estimate of drug-likeness (QED) is 0.328. The highest BCUT2D eigenvalue weighted by atomic mass is 16.6. The molecule has 0 aliphatic carbocycles. The third-order valence-electron chi connectivity index (χ3n) is 4.66. The molecule has 0 bridgehead atoms. The second kappa shape index (κ2) is 9.60. The normalized spacial score (nSPS) is 10.3. The van der Waals surface area contributed by atoms with Gasteiger partial charge in [0.05, 0.1) is 39.7 Å². The van der Waals surface area contributed by atoms with E-state index in [4.69, 9.17) is 9.84 Å². The second-order valence-electron chi connectivity index (χ2n) is 6.90. The molecule has 13 heteroatoms. The summed E-state index contributed by atoms with van der Waals surface area (Å²) in [5, 5.41) is 40.2. The molecule has 0 saturated carbocycles. The van der Waals surface area contributed by atoms with E-state index in [9.17, 15) is 30.3 Å². The Bertz CT molecular complexity index is 1380. The average Bonchev–Trinajstić information content (AvgIpc) is 3.22. The van der Waals surface area contributed by atoms with E-state index in [2.05, 4.69) is 24.0 Å². The highest BCUT2D eigenvalue weighted by Crippen LogP contribution is 2.39. The van der Waals surface area contributed by atoms with Crippen LogP contribution in [0.2, 0.25) is 0 Å². The molecular formula is C21H17N5O8. The first kappa shape index (κ1) is 23.6. The summed E-state index contributed by atoms with van der Waals surface area (Å²) in [6, 6.07) is 13.0. The van der Waals surface area contributed by atoms with Gasteiger partial charge >= 0.3 is 11.4 Å². The number of hydrogen-bond donors (Lipinski definition) is 1. The fourth-order valence-corrected chi connectivity index (χ4v) is 3.04. The van der Waals surface area contributed by atoms with Crippen LogP contribution in [0, 0.1) is 37.3 Å². The standard InChI is InChI=1S/C15H14N2O.C6H3N3O7/c1-11-7-8-17-10-13(16-15(17)9-11)12-5-3-4-6-14(12)18-2;10-6-4(8(13)14)1-3(7(11)12)2-5(6)9(15)16/h3-10H,1-2H3;1-2,10H. The number of nitro benzene ring substituents is 3. The van der Waals surface area contributed by atoms with Crippen LogP contribution in [-0.2, 0) is 0 Å². The van der Waals surface area contributed by atoms with Gasteiger partial charge in [-0.05, 0) is 36.8 Å². The molecule has 4 aromatic rings. The molecule has 34 heavy (non-hydrogen) atoms. The Morgan fingerprint density at radius 2 is 1.56 bits per heavy atom. The number of rotatable bonds is 5. The number of hydrogen-bond acceptors (Lipinski definition) is 9.